The van der Waals surface area contributed by atoms with Crippen LogP contribution in [0.5, 0.6) is 0 Å². The standard InChI is InChI=1S/C11H8F12O2/c1-2-3-5(24)25-4-7(14,15)9(18,19)11(22,23)10(20,21)8(16,17)6(12)13/h2-3,6H,4H2,1H3/b3-2+. The van der Waals surface area contributed by atoms with Crippen molar-refractivity contribution in [3.63, 3.8) is 0 Å². The van der Waals surface area contributed by atoms with E-state index >= 15 is 0 Å². The molecule has 0 aromatic rings. The zero-order chi connectivity index (χ0) is 20.5. The normalized spacial score (nSPS) is 15.1. The van der Waals surface area contributed by atoms with E-state index in [1.54, 1.807) is 0 Å². The highest BCUT2D eigenvalue weighted by Crippen LogP contribution is 2.58. The Balaban J connectivity index is 5.82. The fourth-order valence-corrected chi connectivity index (χ4v) is 1.21. The lowest BCUT2D eigenvalue weighted by molar-refractivity contribution is -0.414. The van der Waals surface area contributed by atoms with Crippen LogP contribution in [0.15, 0.2) is 12.2 Å². The molecular formula is C11H8F12O2. The molecule has 0 saturated carbocycles. The molecule has 0 aliphatic carbocycles. The Labute approximate surface area is 131 Å². The van der Waals surface area contributed by atoms with Gasteiger partial charge in [-0.3, -0.25) is 0 Å². The van der Waals surface area contributed by atoms with Crippen molar-refractivity contribution in [2.75, 3.05) is 6.61 Å². The first-order valence-corrected chi connectivity index (χ1v) is 5.86. The number of hydrogen-bond acceptors (Lipinski definition) is 2. The molecule has 0 spiro atoms. The molecule has 0 aromatic carbocycles. The van der Waals surface area contributed by atoms with Crippen LogP contribution < -0.4 is 0 Å². The molecule has 2 nitrogen and oxygen atoms in total. The first-order valence-electron chi connectivity index (χ1n) is 5.86. The molecule has 0 aromatic heterocycles. The summed E-state index contributed by atoms with van der Waals surface area (Å²) in [5.74, 6) is -37.6. The van der Waals surface area contributed by atoms with Gasteiger partial charge in [0.2, 0.25) is 0 Å². The minimum atomic E-state index is -7.63. The second-order valence-electron chi connectivity index (χ2n) is 4.46. The molecule has 25 heavy (non-hydrogen) atoms. The number of carbonyl (C=O) groups excluding carboxylic acids is 1. The van der Waals surface area contributed by atoms with Gasteiger partial charge in [0.05, 0.1) is 0 Å². The third kappa shape index (κ3) is 3.81. The second kappa shape index (κ2) is 6.94. The van der Waals surface area contributed by atoms with E-state index in [0.717, 1.165) is 13.0 Å². The lowest BCUT2D eigenvalue weighted by Gasteiger charge is -2.38. The molecular weight excluding hydrogens is 392 g/mol. The van der Waals surface area contributed by atoms with Crippen molar-refractivity contribution >= 4 is 5.97 Å². The predicted octanol–water partition coefficient (Wildman–Crippen LogP) is 4.55. The van der Waals surface area contributed by atoms with E-state index in [9.17, 15) is 57.5 Å². The van der Waals surface area contributed by atoms with Gasteiger partial charge >= 0.3 is 42.0 Å². The maximum Gasteiger partial charge on any atom is 0.384 e. The summed E-state index contributed by atoms with van der Waals surface area (Å²) in [6.07, 6.45) is -4.37. The minimum Gasteiger partial charge on any atom is -0.456 e. The number of hydrogen-bond donors (Lipinski definition) is 0. The summed E-state index contributed by atoms with van der Waals surface area (Å²) in [5.41, 5.74) is 0. The van der Waals surface area contributed by atoms with Gasteiger partial charge in [-0.1, -0.05) is 6.08 Å². The molecule has 0 fully saturated rings. The van der Waals surface area contributed by atoms with Crippen LogP contribution in [-0.4, -0.2) is 48.6 Å². The molecule has 0 saturated heterocycles. The molecule has 0 aliphatic rings. The zero-order valence-electron chi connectivity index (χ0n) is 11.8. The number of esters is 1. The molecule has 148 valence electrons. The fraction of sp³-hybridized carbons (Fsp3) is 0.727. The molecule has 0 amide bonds. The van der Waals surface area contributed by atoms with E-state index in [4.69, 9.17) is 0 Å². The lowest BCUT2D eigenvalue weighted by Crippen LogP contribution is -2.69. The monoisotopic (exact) mass is 400 g/mol. The van der Waals surface area contributed by atoms with Gasteiger partial charge < -0.3 is 4.74 Å². The lowest BCUT2D eigenvalue weighted by atomic mass is 9.94. The van der Waals surface area contributed by atoms with E-state index in [2.05, 4.69) is 4.74 Å². The Morgan fingerprint density at radius 2 is 1.32 bits per heavy atom. The Kier molecular flexibility index (Phi) is 6.49. The van der Waals surface area contributed by atoms with E-state index in [1.165, 1.54) is 0 Å². The quantitative estimate of drug-likeness (QED) is 0.340. The number of ether oxygens (including phenoxy) is 1. The zero-order valence-corrected chi connectivity index (χ0v) is 11.8. The smallest absolute Gasteiger partial charge is 0.384 e. The van der Waals surface area contributed by atoms with Crippen LogP contribution in [0.3, 0.4) is 0 Å². The number of carbonyl (C=O) groups is 1. The average molecular weight is 400 g/mol. The predicted molar refractivity (Wildman–Crippen MR) is 56.5 cm³/mol. The van der Waals surface area contributed by atoms with Crippen molar-refractivity contribution in [1.29, 1.82) is 0 Å². The van der Waals surface area contributed by atoms with Crippen LogP contribution in [0, 0.1) is 0 Å². The van der Waals surface area contributed by atoms with Crippen molar-refractivity contribution in [3.05, 3.63) is 12.2 Å². The van der Waals surface area contributed by atoms with Crippen molar-refractivity contribution < 1.29 is 62.2 Å². The second-order valence-corrected chi connectivity index (χ2v) is 4.46. The highest BCUT2D eigenvalue weighted by molar-refractivity contribution is 5.81. The maximum absolute atomic E-state index is 13.1. The molecule has 0 bridgehead atoms. The maximum atomic E-state index is 13.1. The van der Waals surface area contributed by atoms with E-state index in [-0.39, 0.29) is 0 Å². The minimum absolute atomic E-state index is 0.353. The van der Waals surface area contributed by atoms with Crippen molar-refractivity contribution in [3.8, 4) is 0 Å². The summed E-state index contributed by atoms with van der Waals surface area (Å²) in [6, 6.07) is 0. The van der Waals surface area contributed by atoms with Crippen molar-refractivity contribution in [2.24, 2.45) is 0 Å². The number of halogens is 12. The van der Waals surface area contributed by atoms with Gasteiger partial charge in [-0.15, -0.1) is 0 Å². The number of alkyl halides is 12. The SMILES string of the molecule is C/C=C/C(=O)OCC(F)(F)C(F)(F)C(F)(F)C(F)(F)C(F)(F)C(F)F. The van der Waals surface area contributed by atoms with Crippen molar-refractivity contribution in [2.45, 2.75) is 43.0 Å². The van der Waals surface area contributed by atoms with Crippen LogP contribution in [0.25, 0.3) is 0 Å². The van der Waals surface area contributed by atoms with Gasteiger partial charge in [-0.05, 0) is 6.92 Å². The summed E-state index contributed by atoms with van der Waals surface area (Å²) in [7, 11) is 0. The highest BCUT2D eigenvalue weighted by Gasteiger charge is 2.87. The largest absolute Gasteiger partial charge is 0.456 e. The fourth-order valence-electron chi connectivity index (χ4n) is 1.21. The Hall–Kier alpha value is -1.63. The molecule has 0 unspecified atom stereocenters. The summed E-state index contributed by atoms with van der Waals surface area (Å²) in [6.45, 7) is -1.79. The average Bonchev–Trinajstić information content (AvgIpc) is 2.44. The summed E-state index contributed by atoms with van der Waals surface area (Å²) < 4.78 is 156. The molecule has 0 aliphatic heterocycles. The van der Waals surface area contributed by atoms with Gasteiger partial charge in [0, 0.05) is 6.08 Å². The van der Waals surface area contributed by atoms with Gasteiger partial charge in [0.1, 0.15) is 0 Å². The summed E-state index contributed by atoms with van der Waals surface area (Å²) in [4.78, 5) is 10.7. The van der Waals surface area contributed by atoms with Crippen LogP contribution in [0.2, 0.25) is 0 Å². The summed E-state index contributed by atoms with van der Waals surface area (Å²) >= 11 is 0. The summed E-state index contributed by atoms with van der Waals surface area (Å²) in [5, 5.41) is 0. The van der Waals surface area contributed by atoms with Gasteiger partial charge in [-0.25, -0.2) is 13.6 Å². The Morgan fingerprint density at radius 1 is 0.880 bits per heavy atom. The van der Waals surface area contributed by atoms with Gasteiger partial charge in [0.15, 0.2) is 6.61 Å². The molecule has 0 N–H and O–H groups in total. The Morgan fingerprint density at radius 3 is 1.68 bits per heavy atom. The van der Waals surface area contributed by atoms with Gasteiger partial charge in [-0.2, -0.15) is 43.9 Å². The van der Waals surface area contributed by atoms with E-state index in [0.29, 0.717) is 6.08 Å². The Bertz CT molecular complexity index is 511. The highest BCUT2D eigenvalue weighted by atomic mass is 19.4. The molecule has 0 radical (unpaired) electrons. The van der Waals surface area contributed by atoms with Gasteiger partial charge in [0.25, 0.3) is 0 Å². The number of rotatable bonds is 8. The van der Waals surface area contributed by atoms with E-state index < -0.39 is 48.6 Å². The molecule has 0 atom stereocenters. The molecule has 0 rings (SSSR count). The first kappa shape index (κ1) is 23.4. The number of allylic oxidation sites excluding steroid dienone is 1. The topological polar surface area (TPSA) is 26.3 Å². The van der Waals surface area contributed by atoms with E-state index in [1.807, 2.05) is 0 Å². The van der Waals surface area contributed by atoms with Crippen LogP contribution in [0.4, 0.5) is 52.7 Å². The molecule has 0 heterocycles. The van der Waals surface area contributed by atoms with Crippen LogP contribution >= 0.6 is 0 Å². The first-order chi connectivity index (χ1) is 10.9. The van der Waals surface area contributed by atoms with Crippen molar-refractivity contribution in [1.82, 2.24) is 0 Å². The third-order valence-electron chi connectivity index (χ3n) is 2.64. The van der Waals surface area contributed by atoms with Crippen LogP contribution in [0.1, 0.15) is 6.92 Å². The molecule has 14 heteroatoms. The third-order valence-corrected chi connectivity index (χ3v) is 2.64. The van der Waals surface area contributed by atoms with Crippen LogP contribution in [-0.2, 0) is 9.53 Å².